The third-order valence-electron chi connectivity index (χ3n) is 3.56. The van der Waals surface area contributed by atoms with Crippen molar-refractivity contribution in [2.24, 2.45) is 0 Å². The molecule has 0 N–H and O–H groups in total. The fourth-order valence-electron chi connectivity index (χ4n) is 2.74. The summed E-state index contributed by atoms with van der Waals surface area (Å²) < 4.78 is 17.1. The van der Waals surface area contributed by atoms with Gasteiger partial charge in [0.1, 0.15) is 12.9 Å². The number of carbonyl (C=O) groups is 1. The molecule has 0 unspecified atom stereocenters. The monoisotopic (exact) mass is 307 g/mol. The average molecular weight is 307 g/mol. The number of hydrogen-bond donors (Lipinski definition) is 0. The van der Waals surface area contributed by atoms with Gasteiger partial charge in [-0.3, -0.25) is 9.69 Å². The molecule has 1 aromatic rings. The third-order valence-corrected chi connectivity index (χ3v) is 3.56. The lowest BCUT2D eigenvalue weighted by Gasteiger charge is -2.35. The molecule has 122 valence electrons. The summed E-state index contributed by atoms with van der Waals surface area (Å²) >= 11 is 0. The Balaban J connectivity index is 1.89. The van der Waals surface area contributed by atoms with Gasteiger partial charge in [0.05, 0.1) is 18.8 Å². The average Bonchev–Trinajstić information content (AvgIpc) is 2.48. The van der Waals surface area contributed by atoms with Gasteiger partial charge in [-0.15, -0.1) is 0 Å². The normalized spacial score (nSPS) is 22.3. The molecule has 2 rings (SSSR count). The molecule has 1 heterocycles. The molecule has 1 saturated heterocycles. The quantitative estimate of drug-likeness (QED) is 0.724. The Bertz CT molecular complexity index is 482. The van der Waals surface area contributed by atoms with E-state index in [1.807, 2.05) is 6.92 Å². The maximum Gasteiger partial charge on any atom is 0.161 e. The zero-order valence-electron chi connectivity index (χ0n) is 13.6. The van der Waals surface area contributed by atoms with Gasteiger partial charge in [0.2, 0.25) is 0 Å². The lowest BCUT2D eigenvalue weighted by Crippen LogP contribution is -2.46. The van der Waals surface area contributed by atoms with Crippen molar-refractivity contribution in [2.75, 3.05) is 32.8 Å². The Hall–Kier alpha value is -1.59. The van der Waals surface area contributed by atoms with E-state index in [1.54, 1.807) is 18.2 Å². The van der Waals surface area contributed by atoms with E-state index in [2.05, 4.69) is 18.7 Å². The van der Waals surface area contributed by atoms with Crippen LogP contribution in [0.25, 0.3) is 0 Å². The fourth-order valence-corrected chi connectivity index (χ4v) is 2.74. The fraction of sp³-hybridized carbons (Fsp3) is 0.588. The minimum Gasteiger partial charge on any atom is -0.490 e. The van der Waals surface area contributed by atoms with Gasteiger partial charge < -0.3 is 14.2 Å². The van der Waals surface area contributed by atoms with E-state index in [1.165, 1.54) is 0 Å². The first-order valence-corrected chi connectivity index (χ1v) is 7.85. The second kappa shape index (κ2) is 8.15. The highest BCUT2D eigenvalue weighted by Crippen LogP contribution is 2.28. The zero-order chi connectivity index (χ0) is 15.9. The summed E-state index contributed by atoms with van der Waals surface area (Å²) in [7, 11) is 0. The molecular formula is C17H25NO4. The number of carbonyl (C=O) groups excluding carboxylic acids is 1. The summed E-state index contributed by atoms with van der Waals surface area (Å²) in [6.45, 7) is 9.92. The molecule has 1 fully saturated rings. The second-order valence-corrected chi connectivity index (χ2v) is 5.62. The third kappa shape index (κ3) is 4.71. The standard InChI is InChI=1S/C17H25NO4/c1-4-20-17-9-15(12-19)5-6-16(17)21-8-7-18-10-13(2)22-14(3)11-18/h5-6,9,12-14H,4,7-8,10-11H2,1-3H3/t13-,14-/m0/s1. The van der Waals surface area contributed by atoms with E-state index in [4.69, 9.17) is 14.2 Å². The van der Waals surface area contributed by atoms with Crippen LogP contribution >= 0.6 is 0 Å². The van der Waals surface area contributed by atoms with Crippen molar-refractivity contribution in [2.45, 2.75) is 33.0 Å². The molecule has 5 nitrogen and oxygen atoms in total. The first-order chi connectivity index (χ1) is 10.6. The van der Waals surface area contributed by atoms with Crippen LogP contribution in [0.2, 0.25) is 0 Å². The van der Waals surface area contributed by atoms with Gasteiger partial charge in [-0.1, -0.05) is 0 Å². The Kier molecular flexibility index (Phi) is 6.21. The smallest absolute Gasteiger partial charge is 0.161 e. The summed E-state index contributed by atoms with van der Waals surface area (Å²) in [6.07, 6.45) is 1.33. The maximum absolute atomic E-state index is 10.8. The van der Waals surface area contributed by atoms with E-state index in [0.717, 1.165) is 25.9 Å². The molecule has 0 radical (unpaired) electrons. The summed E-state index contributed by atoms with van der Waals surface area (Å²) in [5.41, 5.74) is 0.589. The lowest BCUT2D eigenvalue weighted by atomic mass is 10.2. The van der Waals surface area contributed by atoms with E-state index >= 15 is 0 Å². The SMILES string of the molecule is CCOc1cc(C=O)ccc1OCCN1C[C@H](C)O[C@@H](C)C1. The van der Waals surface area contributed by atoms with Crippen molar-refractivity contribution in [3.8, 4) is 11.5 Å². The Morgan fingerprint density at radius 2 is 1.95 bits per heavy atom. The number of morpholine rings is 1. The molecule has 0 bridgehead atoms. The zero-order valence-corrected chi connectivity index (χ0v) is 13.6. The van der Waals surface area contributed by atoms with Crippen LogP contribution in [0.3, 0.4) is 0 Å². The first-order valence-electron chi connectivity index (χ1n) is 7.85. The number of benzene rings is 1. The van der Waals surface area contributed by atoms with E-state index in [0.29, 0.717) is 30.3 Å². The molecule has 2 atom stereocenters. The van der Waals surface area contributed by atoms with Crippen LogP contribution in [0.4, 0.5) is 0 Å². The highest BCUT2D eigenvalue weighted by Gasteiger charge is 2.21. The molecule has 1 aliphatic heterocycles. The van der Waals surface area contributed by atoms with Gasteiger partial charge in [0.15, 0.2) is 11.5 Å². The van der Waals surface area contributed by atoms with Crippen LogP contribution in [0.1, 0.15) is 31.1 Å². The number of rotatable bonds is 7. The Morgan fingerprint density at radius 1 is 1.23 bits per heavy atom. The van der Waals surface area contributed by atoms with E-state index in [9.17, 15) is 4.79 Å². The predicted molar refractivity (Wildman–Crippen MR) is 84.9 cm³/mol. The number of nitrogens with zero attached hydrogens (tertiary/aromatic N) is 1. The minimum atomic E-state index is 0.259. The molecule has 1 aliphatic rings. The van der Waals surface area contributed by atoms with Crippen LogP contribution < -0.4 is 9.47 Å². The second-order valence-electron chi connectivity index (χ2n) is 5.62. The Morgan fingerprint density at radius 3 is 2.59 bits per heavy atom. The molecule has 0 aromatic heterocycles. The van der Waals surface area contributed by atoms with E-state index in [-0.39, 0.29) is 12.2 Å². The number of aldehydes is 1. The summed E-state index contributed by atoms with van der Waals surface area (Å²) in [5, 5.41) is 0. The van der Waals surface area contributed by atoms with Crippen molar-refractivity contribution in [1.29, 1.82) is 0 Å². The number of hydrogen-bond acceptors (Lipinski definition) is 5. The first kappa shape index (κ1) is 16.8. The van der Waals surface area contributed by atoms with Gasteiger partial charge in [-0.05, 0) is 39.0 Å². The van der Waals surface area contributed by atoms with E-state index < -0.39 is 0 Å². The maximum atomic E-state index is 10.8. The van der Waals surface area contributed by atoms with Crippen molar-refractivity contribution in [3.05, 3.63) is 23.8 Å². The van der Waals surface area contributed by atoms with Gasteiger partial charge in [0, 0.05) is 25.2 Å². The van der Waals surface area contributed by atoms with Gasteiger partial charge >= 0.3 is 0 Å². The highest BCUT2D eigenvalue weighted by molar-refractivity contribution is 5.76. The van der Waals surface area contributed by atoms with Crippen LogP contribution in [0, 0.1) is 0 Å². The summed E-state index contributed by atoms with van der Waals surface area (Å²) in [6, 6.07) is 5.24. The summed E-state index contributed by atoms with van der Waals surface area (Å²) in [4.78, 5) is 13.2. The molecule has 1 aromatic carbocycles. The van der Waals surface area contributed by atoms with Crippen LogP contribution in [0.15, 0.2) is 18.2 Å². The van der Waals surface area contributed by atoms with Crippen LogP contribution in [-0.4, -0.2) is 56.2 Å². The van der Waals surface area contributed by atoms with Gasteiger partial charge in [-0.2, -0.15) is 0 Å². The lowest BCUT2D eigenvalue weighted by molar-refractivity contribution is -0.0699. The minimum absolute atomic E-state index is 0.259. The molecular weight excluding hydrogens is 282 g/mol. The topological polar surface area (TPSA) is 48.0 Å². The molecule has 0 saturated carbocycles. The van der Waals surface area contributed by atoms with Crippen molar-refractivity contribution >= 4 is 6.29 Å². The van der Waals surface area contributed by atoms with Crippen molar-refractivity contribution < 1.29 is 19.0 Å². The van der Waals surface area contributed by atoms with Gasteiger partial charge in [-0.25, -0.2) is 0 Å². The molecule has 0 aliphatic carbocycles. The van der Waals surface area contributed by atoms with Gasteiger partial charge in [0.25, 0.3) is 0 Å². The van der Waals surface area contributed by atoms with Crippen LogP contribution in [-0.2, 0) is 4.74 Å². The number of ether oxygens (including phenoxy) is 3. The van der Waals surface area contributed by atoms with Crippen LogP contribution in [0.5, 0.6) is 11.5 Å². The molecule has 5 heteroatoms. The Labute approximate surface area is 132 Å². The highest BCUT2D eigenvalue weighted by atomic mass is 16.5. The molecule has 0 spiro atoms. The van der Waals surface area contributed by atoms with Crippen molar-refractivity contribution in [1.82, 2.24) is 4.90 Å². The van der Waals surface area contributed by atoms with Crippen molar-refractivity contribution in [3.63, 3.8) is 0 Å². The summed E-state index contributed by atoms with van der Waals surface area (Å²) in [5.74, 6) is 1.30. The molecule has 22 heavy (non-hydrogen) atoms. The molecule has 0 amide bonds. The largest absolute Gasteiger partial charge is 0.490 e. The predicted octanol–water partition coefficient (Wildman–Crippen LogP) is 2.39.